The predicted octanol–water partition coefficient (Wildman–Crippen LogP) is 2.91. The van der Waals surface area contributed by atoms with Gasteiger partial charge in [-0.2, -0.15) is 5.10 Å². The van der Waals surface area contributed by atoms with Gasteiger partial charge in [-0.1, -0.05) is 11.6 Å². The molecular weight excluding hydrogens is 248 g/mol. The van der Waals surface area contributed by atoms with E-state index in [-0.39, 0.29) is 22.0 Å². The maximum atomic E-state index is 13.7. The molecule has 3 nitrogen and oxygen atoms in total. The molecule has 0 unspecified atom stereocenters. The van der Waals surface area contributed by atoms with Crippen LogP contribution >= 0.6 is 11.6 Å². The second-order valence-corrected chi connectivity index (χ2v) is 4.15. The fourth-order valence-electron chi connectivity index (χ4n) is 1.77. The first-order valence-corrected chi connectivity index (χ1v) is 5.23. The van der Waals surface area contributed by atoms with Crippen LogP contribution in [-0.4, -0.2) is 9.78 Å². The molecule has 2 N–H and O–H groups in total. The van der Waals surface area contributed by atoms with Crippen molar-refractivity contribution in [2.24, 2.45) is 7.05 Å². The Labute approximate surface area is 102 Å². The number of nitrogens with two attached hydrogens (primary N) is 1. The molecule has 1 aromatic heterocycles. The summed E-state index contributed by atoms with van der Waals surface area (Å²) in [5.74, 6) is -1.29. The third kappa shape index (κ3) is 1.86. The van der Waals surface area contributed by atoms with Crippen LogP contribution in [0.4, 0.5) is 14.6 Å². The number of hydrogen-bond acceptors (Lipinski definition) is 2. The van der Waals surface area contributed by atoms with Gasteiger partial charge in [-0.3, -0.25) is 4.68 Å². The zero-order valence-electron chi connectivity index (χ0n) is 9.26. The minimum Gasteiger partial charge on any atom is -0.383 e. The van der Waals surface area contributed by atoms with E-state index >= 15 is 0 Å². The van der Waals surface area contributed by atoms with Gasteiger partial charge in [0.1, 0.15) is 17.5 Å². The highest BCUT2D eigenvalue weighted by Gasteiger charge is 2.20. The lowest BCUT2D eigenvalue weighted by atomic mass is 10.0. The number of halogens is 3. The summed E-state index contributed by atoms with van der Waals surface area (Å²) >= 11 is 5.56. The van der Waals surface area contributed by atoms with Gasteiger partial charge >= 0.3 is 0 Å². The summed E-state index contributed by atoms with van der Waals surface area (Å²) in [6.45, 7) is 1.64. The molecule has 17 heavy (non-hydrogen) atoms. The second-order valence-electron chi connectivity index (χ2n) is 3.71. The van der Waals surface area contributed by atoms with Crippen LogP contribution in [-0.2, 0) is 7.05 Å². The zero-order valence-corrected chi connectivity index (χ0v) is 10.0. The standard InChI is InChI=1S/C11H10ClF2N3/c1-5-9(11(15)17(2)16-5)10-7(13)3-6(12)4-8(10)14/h3-4H,15H2,1-2H3. The van der Waals surface area contributed by atoms with Crippen molar-refractivity contribution in [3.63, 3.8) is 0 Å². The van der Waals surface area contributed by atoms with Gasteiger partial charge in [-0.15, -0.1) is 0 Å². The van der Waals surface area contributed by atoms with Gasteiger partial charge in [0.2, 0.25) is 0 Å². The van der Waals surface area contributed by atoms with E-state index in [0.29, 0.717) is 5.69 Å². The lowest BCUT2D eigenvalue weighted by Crippen LogP contribution is -1.99. The minimum absolute atomic E-state index is 0.00358. The van der Waals surface area contributed by atoms with Crippen LogP contribution in [0.2, 0.25) is 5.02 Å². The summed E-state index contributed by atoms with van der Waals surface area (Å²) in [6, 6.07) is 2.09. The highest BCUT2D eigenvalue weighted by Crippen LogP contribution is 2.34. The molecule has 1 heterocycles. The van der Waals surface area contributed by atoms with Crippen LogP contribution in [0.3, 0.4) is 0 Å². The van der Waals surface area contributed by atoms with Crippen LogP contribution in [0.25, 0.3) is 11.1 Å². The van der Waals surface area contributed by atoms with Crippen molar-refractivity contribution < 1.29 is 8.78 Å². The Morgan fingerprint density at radius 1 is 1.24 bits per heavy atom. The number of aryl methyl sites for hydroxylation is 2. The largest absolute Gasteiger partial charge is 0.383 e. The SMILES string of the molecule is Cc1nn(C)c(N)c1-c1c(F)cc(Cl)cc1F. The van der Waals surface area contributed by atoms with Gasteiger partial charge in [-0.25, -0.2) is 8.78 Å². The fraction of sp³-hybridized carbons (Fsp3) is 0.182. The summed E-state index contributed by atoms with van der Waals surface area (Å²) in [5.41, 5.74) is 6.27. The van der Waals surface area contributed by atoms with E-state index in [4.69, 9.17) is 17.3 Å². The van der Waals surface area contributed by atoms with Crippen molar-refractivity contribution in [2.75, 3.05) is 5.73 Å². The number of rotatable bonds is 1. The molecule has 0 saturated carbocycles. The zero-order chi connectivity index (χ0) is 12.7. The van der Waals surface area contributed by atoms with E-state index in [9.17, 15) is 8.78 Å². The highest BCUT2D eigenvalue weighted by atomic mass is 35.5. The quantitative estimate of drug-likeness (QED) is 0.854. The summed E-state index contributed by atoms with van der Waals surface area (Å²) in [5, 5.41) is 4.02. The first-order chi connectivity index (χ1) is 7.91. The Hall–Kier alpha value is -1.62. The van der Waals surface area contributed by atoms with Crippen LogP contribution in [0.15, 0.2) is 12.1 Å². The molecule has 0 aliphatic heterocycles. The van der Waals surface area contributed by atoms with Crippen LogP contribution in [0.5, 0.6) is 0 Å². The molecule has 0 fully saturated rings. The lowest BCUT2D eigenvalue weighted by Gasteiger charge is -2.06. The molecule has 0 aliphatic carbocycles. The van der Waals surface area contributed by atoms with Crippen LogP contribution in [0, 0.1) is 18.6 Å². The summed E-state index contributed by atoms with van der Waals surface area (Å²) in [4.78, 5) is 0. The Morgan fingerprint density at radius 3 is 2.18 bits per heavy atom. The van der Waals surface area contributed by atoms with E-state index in [0.717, 1.165) is 12.1 Å². The molecule has 0 aliphatic rings. The number of hydrogen-bond donors (Lipinski definition) is 1. The average molecular weight is 258 g/mol. The first-order valence-electron chi connectivity index (χ1n) is 4.85. The van der Waals surface area contributed by atoms with Crippen molar-refractivity contribution in [1.82, 2.24) is 9.78 Å². The third-order valence-electron chi connectivity index (χ3n) is 2.52. The maximum absolute atomic E-state index is 13.7. The smallest absolute Gasteiger partial charge is 0.135 e. The Balaban J connectivity index is 2.77. The Morgan fingerprint density at radius 2 is 1.76 bits per heavy atom. The van der Waals surface area contributed by atoms with E-state index < -0.39 is 11.6 Å². The molecule has 0 atom stereocenters. The highest BCUT2D eigenvalue weighted by molar-refractivity contribution is 6.30. The number of benzene rings is 1. The number of nitrogen functional groups attached to an aromatic ring is 1. The molecule has 0 saturated heterocycles. The van der Waals surface area contributed by atoms with Gasteiger partial charge in [0.05, 0.1) is 16.8 Å². The van der Waals surface area contributed by atoms with Gasteiger partial charge in [0.15, 0.2) is 0 Å². The van der Waals surface area contributed by atoms with Crippen molar-refractivity contribution in [1.29, 1.82) is 0 Å². The summed E-state index contributed by atoms with van der Waals surface area (Å²) < 4.78 is 28.9. The molecule has 2 rings (SSSR count). The van der Waals surface area contributed by atoms with Gasteiger partial charge in [0.25, 0.3) is 0 Å². The van der Waals surface area contributed by atoms with Crippen LogP contribution in [0.1, 0.15) is 5.69 Å². The van der Waals surface area contributed by atoms with Crippen LogP contribution < -0.4 is 5.73 Å². The Bertz CT molecular complexity index is 570. The minimum atomic E-state index is -0.752. The summed E-state index contributed by atoms with van der Waals surface area (Å²) in [6.07, 6.45) is 0. The number of aromatic nitrogens is 2. The molecular formula is C11H10ClF2N3. The molecule has 0 spiro atoms. The van der Waals surface area contributed by atoms with E-state index in [1.54, 1.807) is 14.0 Å². The molecule has 0 radical (unpaired) electrons. The maximum Gasteiger partial charge on any atom is 0.135 e. The summed E-state index contributed by atoms with van der Waals surface area (Å²) in [7, 11) is 1.61. The number of nitrogens with zero attached hydrogens (tertiary/aromatic N) is 2. The van der Waals surface area contributed by atoms with Gasteiger partial charge in [0, 0.05) is 12.1 Å². The fourth-order valence-corrected chi connectivity index (χ4v) is 1.96. The van der Waals surface area contributed by atoms with E-state index in [1.807, 2.05) is 0 Å². The van der Waals surface area contributed by atoms with Crippen molar-refractivity contribution >= 4 is 17.4 Å². The van der Waals surface area contributed by atoms with Gasteiger partial charge in [-0.05, 0) is 19.1 Å². The monoisotopic (exact) mass is 257 g/mol. The normalized spacial score (nSPS) is 10.9. The van der Waals surface area contributed by atoms with Crippen molar-refractivity contribution in [3.05, 3.63) is 34.5 Å². The molecule has 6 heteroatoms. The molecule has 1 aromatic carbocycles. The molecule has 0 amide bonds. The topological polar surface area (TPSA) is 43.8 Å². The van der Waals surface area contributed by atoms with Crippen molar-refractivity contribution in [3.8, 4) is 11.1 Å². The third-order valence-corrected chi connectivity index (χ3v) is 2.74. The van der Waals surface area contributed by atoms with E-state index in [2.05, 4.69) is 5.10 Å². The second kappa shape index (κ2) is 4.00. The average Bonchev–Trinajstić information content (AvgIpc) is 2.43. The number of anilines is 1. The molecule has 0 bridgehead atoms. The predicted molar refractivity (Wildman–Crippen MR) is 62.7 cm³/mol. The lowest BCUT2D eigenvalue weighted by molar-refractivity contribution is 0.589. The Kier molecular flexibility index (Phi) is 2.79. The van der Waals surface area contributed by atoms with Gasteiger partial charge < -0.3 is 5.73 Å². The van der Waals surface area contributed by atoms with Crippen molar-refractivity contribution in [2.45, 2.75) is 6.92 Å². The molecule has 2 aromatic rings. The molecule has 90 valence electrons. The first kappa shape index (κ1) is 11.9. The van der Waals surface area contributed by atoms with E-state index in [1.165, 1.54) is 4.68 Å².